The normalized spacial score (nSPS) is 15.1. The molecule has 8 nitrogen and oxygen atoms in total. The molecule has 1 heterocycles. The van der Waals surface area contributed by atoms with Crippen molar-refractivity contribution in [2.45, 2.75) is 17.7 Å². The zero-order valence-corrected chi connectivity index (χ0v) is 18.8. The van der Waals surface area contributed by atoms with Gasteiger partial charge in [0.1, 0.15) is 17.6 Å². The molecule has 0 aromatic heterocycles. The maximum Gasteiger partial charge on any atom is 0.416 e. The van der Waals surface area contributed by atoms with Crippen molar-refractivity contribution in [1.82, 2.24) is 9.21 Å². The van der Waals surface area contributed by atoms with E-state index in [9.17, 15) is 27.0 Å². The second-order valence-corrected chi connectivity index (χ2v) is 8.62. The molecule has 0 aliphatic carbocycles. The van der Waals surface area contributed by atoms with Crippen LogP contribution in [0.15, 0.2) is 66.1 Å². The van der Waals surface area contributed by atoms with Crippen molar-refractivity contribution < 1.29 is 37.2 Å². The van der Waals surface area contributed by atoms with Crippen LogP contribution in [-0.4, -0.2) is 57.1 Å². The largest absolute Gasteiger partial charge is 0.445 e. The van der Waals surface area contributed by atoms with E-state index in [1.807, 2.05) is 0 Å². The summed E-state index contributed by atoms with van der Waals surface area (Å²) >= 11 is 0. The minimum absolute atomic E-state index is 0. The average Bonchev–Trinajstić information content (AvgIpc) is 2.82. The standard InChI is InChI=1S/C22H22F3N3O4S.H2O/c1-2-20(29)26-18-7-9-19(10-8-18)33(31)28-13-11-27(12-14-28)21(30)32-15-16-3-5-17(6-4-16)22(23,24)25;/h2-10H,1,11-15H2,(H,26,29);1H2. The second-order valence-electron chi connectivity index (χ2n) is 7.13. The van der Waals surface area contributed by atoms with E-state index in [-0.39, 0.29) is 18.0 Å². The van der Waals surface area contributed by atoms with Crippen LogP contribution in [0.2, 0.25) is 0 Å². The number of alkyl halides is 3. The molecule has 1 unspecified atom stereocenters. The Labute approximate surface area is 196 Å². The number of nitrogens with zero attached hydrogens (tertiary/aromatic N) is 2. The molecule has 1 aliphatic rings. The maximum atomic E-state index is 12.8. The van der Waals surface area contributed by atoms with Crippen molar-refractivity contribution in [2.75, 3.05) is 31.5 Å². The van der Waals surface area contributed by atoms with Gasteiger partial charge in [-0.3, -0.25) is 4.79 Å². The molecular weight excluding hydrogens is 475 g/mol. The van der Waals surface area contributed by atoms with Crippen LogP contribution in [-0.2, 0) is 33.3 Å². The number of anilines is 1. The topological polar surface area (TPSA) is 110 Å². The van der Waals surface area contributed by atoms with E-state index in [1.165, 1.54) is 17.0 Å². The average molecular weight is 500 g/mol. The smallest absolute Gasteiger partial charge is 0.416 e. The molecule has 3 N–H and O–H groups in total. The van der Waals surface area contributed by atoms with Crippen molar-refractivity contribution in [2.24, 2.45) is 0 Å². The highest BCUT2D eigenvalue weighted by molar-refractivity contribution is 7.82. The zero-order valence-electron chi connectivity index (χ0n) is 18.0. The Balaban J connectivity index is 0.00000408. The molecule has 2 aromatic rings. The summed E-state index contributed by atoms with van der Waals surface area (Å²) in [7, 11) is -1.43. The Morgan fingerprint density at radius 2 is 1.62 bits per heavy atom. The quantitative estimate of drug-likeness (QED) is 0.616. The van der Waals surface area contributed by atoms with Gasteiger partial charge in [0.25, 0.3) is 0 Å². The minimum Gasteiger partial charge on any atom is -0.445 e. The molecule has 1 fully saturated rings. The number of benzene rings is 2. The molecule has 0 bridgehead atoms. The van der Waals surface area contributed by atoms with E-state index in [4.69, 9.17) is 4.74 Å². The fourth-order valence-corrected chi connectivity index (χ4v) is 4.22. The van der Waals surface area contributed by atoms with Gasteiger partial charge in [0, 0.05) is 31.9 Å². The van der Waals surface area contributed by atoms with Gasteiger partial charge in [0.05, 0.1) is 10.5 Å². The number of hydrogen-bond donors (Lipinski definition) is 1. The summed E-state index contributed by atoms with van der Waals surface area (Å²) in [4.78, 5) is 25.6. The number of hydrogen-bond acceptors (Lipinski definition) is 4. The number of ether oxygens (including phenoxy) is 1. The van der Waals surface area contributed by atoms with Crippen LogP contribution in [0.5, 0.6) is 0 Å². The monoisotopic (exact) mass is 499 g/mol. The molecule has 0 radical (unpaired) electrons. The van der Waals surface area contributed by atoms with Crippen LogP contribution >= 0.6 is 0 Å². The van der Waals surface area contributed by atoms with Crippen LogP contribution < -0.4 is 5.32 Å². The summed E-state index contributed by atoms with van der Waals surface area (Å²) in [5, 5.41) is 2.61. The van der Waals surface area contributed by atoms with Crippen molar-refractivity contribution in [3.63, 3.8) is 0 Å². The molecule has 1 atom stereocenters. The predicted molar refractivity (Wildman–Crippen MR) is 120 cm³/mol. The highest BCUT2D eigenvalue weighted by Crippen LogP contribution is 2.29. The molecule has 34 heavy (non-hydrogen) atoms. The highest BCUT2D eigenvalue weighted by atomic mass is 32.2. The van der Waals surface area contributed by atoms with E-state index in [2.05, 4.69) is 11.9 Å². The number of carbonyl (C=O) groups is 2. The van der Waals surface area contributed by atoms with E-state index in [0.717, 1.165) is 18.2 Å². The van der Waals surface area contributed by atoms with Gasteiger partial charge in [0.15, 0.2) is 0 Å². The summed E-state index contributed by atoms with van der Waals surface area (Å²) in [5.41, 5.74) is 0.239. The molecule has 0 spiro atoms. The number of halogens is 3. The number of nitrogens with one attached hydrogen (secondary N) is 1. The van der Waals surface area contributed by atoms with Crippen molar-refractivity contribution in [1.29, 1.82) is 0 Å². The van der Waals surface area contributed by atoms with Gasteiger partial charge in [-0.15, -0.1) is 0 Å². The molecular formula is C22H24F3N3O5S. The summed E-state index contributed by atoms with van der Waals surface area (Å²) in [6.07, 6.45) is -3.85. The van der Waals surface area contributed by atoms with Gasteiger partial charge >= 0.3 is 12.3 Å². The summed E-state index contributed by atoms with van der Waals surface area (Å²) in [6, 6.07) is 11.0. The molecule has 3 rings (SSSR count). The lowest BCUT2D eigenvalue weighted by molar-refractivity contribution is -0.137. The first-order chi connectivity index (χ1) is 15.7. The zero-order chi connectivity index (χ0) is 24.0. The molecule has 1 aliphatic heterocycles. The van der Waals surface area contributed by atoms with Gasteiger partial charge in [-0.1, -0.05) is 18.7 Å². The Hall–Kier alpha value is -3.22. The second kappa shape index (κ2) is 11.8. The molecule has 0 saturated carbocycles. The molecule has 2 aromatic carbocycles. The molecule has 1 saturated heterocycles. The number of rotatable bonds is 6. The fourth-order valence-electron chi connectivity index (χ4n) is 3.06. The Morgan fingerprint density at radius 1 is 1.03 bits per heavy atom. The first-order valence-electron chi connectivity index (χ1n) is 9.95. The SMILES string of the molecule is C=CC(=O)Nc1ccc(S(=O)N2CCN(C(=O)OCc3ccc(C(F)(F)F)cc3)CC2)cc1.O. The third kappa shape index (κ3) is 7.14. The van der Waals surface area contributed by atoms with Gasteiger partial charge in [-0.25, -0.2) is 13.3 Å². The van der Waals surface area contributed by atoms with Crippen molar-refractivity contribution in [3.8, 4) is 0 Å². The van der Waals surface area contributed by atoms with Crippen LogP contribution in [0.4, 0.5) is 23.7 Å². The molecule has 184 valence electrons. The van der Waals surface area contributed by atoms with Crippen LogP contribution in [0.3, 0.4) is 0 Å². The number of amides is 2. The Bertz CT molecular complexity index is 1020. The first kappa shape index (κ1) is 27.0. The number of carbonyl (C=O) groups excluding carboxylic acids is 2. The van der Waals surface area contributed by atoms with Crippen molar-refractivity contribution >= 4 is 28.7 Å². The Kier molecular flexibility index (Phi) is 9.36. The summed E-state index contributed by atoms with van der Waals surface area (Å²) in [5.74, 6) is -0.342. The summed E-state index contributed by atoms with van der Waals surface area (Å²) in [6.45, 7) is 4.55. The maximum absolute atomic E-state index is 12.8. The number of piperazine rings is 1. The Morgan fingerprint density at radius 3 is 2.15 bits per heavy atom. The van der Waals surface area contributed by atoms with E-state index in [0.29, 0.717) is 42.3 Å². The van der Waals surface area contributed by atoms with Crippen LogP contribution in [0.1, 0.15) is 11.1 Å². The van der Waals surface area contributed by atoms with E-state index >= 15 is 0 Å². The van der Waals surface area contributed by atoms with Crippen molar-refractivity contribution in [3.05, 3.63) is 72.3 Å². The molecule has 2 amide bonds. The van der Waals surface area contributed by atoms with Crippen LogP contribution in [0, 0.1) is 0 Å². The van der Waals surface area contributed by atoms with E-state index in [1.54, 1.807) is 28.6 Å². The fraction of sp³-hybridized carbons (Fsp3) is 0.273. The van der Waals surface area contributed by atoms with Gasteiger partial charge in [-0.05, 0) is 48.0 Å². The lowest BCUT2D eigenvalue weighted by Gasteiger charge is -2.33. The first-order valence-corrected chi connectivity index (χ1v) is 11.1. The highest BCUT2D eigenvalue weighted by Gasteiger charge is 2.30. The third-order valence-electron chi connectivity index (χ3n) is 4.88. The van der Waals surface area contributed by atoms with Gasteiger partial charge in [-0.2, -0.15) is 13.2 Å². The predicted octanol–water partition coefficient (Wildman–Crippen LogP) is 2.98. The minimum atomic E-state index is -4.42. The lowest BCUT2D eigenvalue weighted by atomic mass is 10.1. The molecule has 12 heteroatoms. The lowest BCUT2D eigenvalue weighted by Crippen LogP contribution is -2.49. The van der Waals surface area contributed by atoms with Crippen LogP contribution in [0.25, 0.3) is 0 Å². The van der Waals surface area contributed by atoms with E-state index < -0.39 is 28.8 Å². The summed E-state index contributed by atoms with van der Waals surface area (Å²) < 4.78 is 57.6. The third-order valence-corrected chi connectivity index (χ3v) is 6.39. The van der Waals surface area contributed by atoms with Gasteiger partial charge in [0.2, 0.25) is 5.91 Å². The van der Waals surface area contributed by atoms with Gasteiger partial charge < -0.3 is 20.4 Å².